The zero-order chi connectivity index (χ0) is 49.8. The molecule has 0 atom stereocenters. The highest BCUT2D eigenvalue weighted by atomic mass is 16.3. The lowest BCUT2D eigenvalue weighted by molar-refractivity contribution is 0.475. The number of benzene rings is 11. The van der Waals surface area contributed by atoms with E-state index in [9.17, 15) is 10.2 Å². The van der Waals surface area contributed by atoms with Gasteiger partial charge in [0.2, 0.25) is 0 Å². The molecular formula is C67H52N4O2. The molecule has 0 amide bonds. The van der Waals surface area contributed by atoms with Gasteiger partial charge in [-0.25, -0.2) is 0 Å². The second kappa shape index (κ2) is 20.1. The first kappa shape index (κ1) is 45.9. The molecule has 0 saturated heterocycles. The van der Waals surface area contributed by atoms with Crippen molar-refractivity contribution in [2.24, 2.45) is 9.98 Å². The maximum Gasteiger partial charge on any atom is 0.124 e. The number of phenols is 2. The number of aryl methyl sites for hydroxylation is 2. The Balaban J connectivity index is 0.850. The maximum absolute atomic E-state index is 11.3. The van der Waals surface area contributed by atoms with Crippen LogP contribution in [0.15, 0.2) is 247 Å². The molecule has 0 radical (unpaired) electrons. The van der Waals surface area contributed by atoms with Crippen molar-refractivity contribution in [3.05, 3.63) is 264 Å². The third kappa shape index (κ3) is 9.33. The summed E-state index contributed by atoms with van der Waals surface area (Å²) in [5.74, 6) is 0.306. The number of anilines is 6. The Labute approximate surface area is 426 Å². The maximum atomic E-state index is 11.3. The summed E-state index contributed by atoms with van der Waals surface area (Å²) in [6, 6.07) is 81.0. The molecule has 0 unspecified atom stereocenters. The normalized spacial score (nSPS) is 11.5. The molecule has 6 nitrogen and oxygen atoms in total. The van der Waals surface area contributed by atoms with E-state index in [4.69, 9.17) is 9.98 Å². The number of rotatable bonds is 12. The van der Waals surface area contributed by atoms with Crippen LogP contribution in [0, 0.1) is 20.8 Å². The van der Waals surface area contributed by atoms with Crippen LogP contribution in [0.4, 0.5) is 45.5 Å². The van der Waals surface area contributed by atoms with E-state index < -0.39 is 0 Å². The smallest absolute Gasteiger partial charge is 0.124 e. The van der Waals surface area contributed by atoms with Gasteiger partial charge in [-0.2, -0.15) is 0 Å². The van der Waals surface area contributed by atoms with E-state index in [0.29, 0.717) is 11.1 Å². The van der Waals surface area contributed by atoms with Crippen molar-refractivity contribution in [1.82, 2.24) is 0 Å². The number of phenolic OH excluding ortho intramolecular Hbond substituents is 2. The molecule has 11 aromatic rings. The summed E-state index contributed by atoms with van der Waals surface area (Å²) in [7, 11) is 0. The first-order valence-corrected chi connectivity index (χ1v) is 24.5. The number of aromatic hydroxyl groups is 2. The molecule has 0 bridgehead atoms. The van der Waals surface area contributed by atoms with Crippen molar-refractivity contribution < 1.29 is 10.2 Å². The van der Waals surface area contributed by atoms with Crippen LogP contribution in [0.25, 0.3) is 43.8 Å². The Morgan fingerprint density at radius 1 is 0.329 bits per heavy atom. The number of aliphatic imine (C=N–C) groups is 2. The first-order valence-electron chi connectivity index (χ1n) is 24.5. The van der Waals surface area contributed by atoms with E-state index in [0.717, 1.165) is 106 Å². The Morgan fingerprint density at radius 3 is 0.986 bits per heavy atom. The zero-order valence-electron chi connectivity index (χ0n) is 40.9. The van der Waals surface area contributed by atoms with Crippen LogP contribution in [-0.2, 0) is 0 Å². The molecule has 0 aromatic heterocycles. The van der Waals surface area contributed by atoms with Gasteiger partial charge in [-0.1, -0.05) is 140 Å². The number of nitrogens with zero attached hydrogens (tertiary/aromatic N) is 4. The molecule has 6 heteroatoms. The topological polar surface area (TPSA) is 71.7 Å². The third-order valence-electron chi connectivity index (χ3n) is 13.6. The summed E-state index contributed by atoms with van der Waals surface area (Å²) in [5, 5.41) is 26.3. The molecule has 11 rings (SSSR count). The molecule has 0 aliphatic heterocycles. The minimum Gasteiger partial charge on any atom is -0.507 e. The van der Waals surface area contributed by atoms with Gasteiger partial charge in [0.25, 0.3) is 0 Å². The van der Waals surface area contributed by atoms with E-state index in [-0.39, 0.29) is 11.5 Å². The Morgan fingerprint density at radius 2 is 0.644 bits per heavy atom. The van der Waals surface area contributed by atoms with Crippen molar-refractivity contribution in [2.45, 2.75) is 20.8 Å². The highest BCUT2D eigenvalue weighted by Gasteiger charge is 2.17. The fourth-order valence-electron chi connectivity index (χ4n) is 9.94. The SMILES string of the molecule is Cc1cc(C)c(N=Cc2c(O)ccc3cc(-c4ccc(N(c5ccccc5)c5ccccc5)cc4)ccc23)c(C)c1N=Cc1c(O)ccc2cc(-c3ccc(N(c4ccccc4)c4ccccc4)cc3)ccc12. The lowest BCUT2D eigenvalue weighted by Crippen LogP contribution is -2.09. The number of fused-ring (bicyclic) bond motifs is 2. The lowest BCUT2D eigenvalue weighted by Gasteiger charge is -2.25. The predicted octanol–water partition coefficient (Wildman–Crippen LogP) is 18.1. The van der Waals surface area contributed by atoms with Gasteiger partial charge in [-0.15, -0.1) is 0 Å². The first-order chi connectivity index (χ1) is 35.8. The Hall–Kier alpha value is -9.52. The largest absolute Gasteiger partial charge is 0.507 e. The van der Waals surface area contributed by atoms with Crippen LogP contribution >= 0.6 is 0 Å². The molecule has 0 spiro atoms. The molecule has 0 aliphatic rings. The standard InChI is InChI=1S/C67H52N4O2/c1-45-40-46(2)67(69-44-63-61-37-29-51(42-53(61)31-39-65(63)73)49-26-34-59(35-27-49)71(56-20-12-6-13-21-56)57-22-14-7-15-23-57)47(3)66(45)68-43-62-60-36-28-50(41-52(60)30-38-64(62)72)48-24-32-58(33-25-48)70(54-16-8-4-9-17-54)55-18-10-5-11-19-55/h4-44,72-73H,1-3H3. The molecule has 11 aromatic carbocycles. The van der Waals surface area contributed by atoms with E-state index in [1.165, 1.54) is 0 Å². The minimum absolute atomic E-state index is 0.153. The van der Waals surface area contributed by atoms with Gasteiger partial charge in [0.05, 0.1) is 11.4 Å². The second-order valence-corrected chi connectivity index (χ2v) is 18.3. The summed E-state index contributed by atoms with van der Waals surface area (Å²) < 4.78 is 0. The van der Waals surface area contributed by atoms with Crippen molar-refractivity contribution in [3.63, 3.8) is 0 Å². The van der Waals surface area contributed by atoms with Crippen LogP contribution in [0.5, 0.6) is 11.5 Å². The monoisotopic (exact) mass is 944 g/mol. The second-order valence-electron chi connectivity index (χ2n) is 18.3. The molecule has 0 fully saturated rings. The molecule has 2 N–H and O–H groups in total. The number of hydrogen-bond acceptors (Lipinski definition) is 6. The quantitative estimate of drug-likeness (QED) is 0.120. The highest BCUT2D eigenvalue weighted by Crippen LogP contribution is 2.40. The van der Waals surface area contributed by atoms with E-state index in [1.807, 2.05) is 57.2 Å². The molecule has 352 valence electrons. The van der Waals surface area contributed by atoms with Gasteiger partial charge in [-0.05, 0) is 173 Å². The molecular weight excluding hydrogens is 893 g/mol. The summed E-state index contributed by atoms with van der Waals surface area (Å²) >= 11 is 0. The molecule has 0 heterocycles. The van der Waals surface area contributed by atoms with Crippen molar-refractivity contribution >= 4 is 79.5 Å². The van der Waals surface area contributed by atoms with Gasteiger partial charge in [0.1, 0.15) is 11.5 Å². The van der Waals surface area contributed by atoms with Crippen LogP contribution < -0.4 is 9.80 Å². The van der Waals surface area contributed by atoms with Gasteiger partial charge >= 0.3 is 0 Å². The number of hydrogen-bond donors (Lipinski definition) is 2. The molecule has 0 aliphatic carbocycles. The summed E-state index contributed by atoms with van der Waals surface area (Å²) in [5.41, 5.74) is 16.5. The van der Waals surface area contributed by atoms with E-state index >= 15 is 0 Å². The fourth-order valence-corrected chi connectivity index (χ4v) is 9.94. The van der Waals surface area contributed by atoms with Crippen molar-refractivity contribution in [2.75, 3.05) is 9.80 Å². The minimum atomic E-state index is 0.153. The Kier molecular flexibility index (Phi) is 12.6. The average molecular weight is 945 g/mol. The highest BCUT2D eigenvalue weighted by molar-refractivity contribution is 6.06. The van der Waals surface area contributed by atoms with Crippen LogP contribution in [0.1, 0.15) is 27.8 Å². The van der Waals surface area contributed by atoms with Gasteiger partial charge < -0.3 is 20.0 Å². The van der Waals surface area contributed by atoms with E-state index in [2.05, 4.69) is 198 Å². The van der Waals surface area contributed by atoms with Gasteiger partial charge in [-0.3, -0.25) is 9.98 Å². The molecule has 0 saturated carbocycles. The summed E-state index contributed by atoms with van der Waals surface area (Å²) in [4.78, 5) is 14.6. The number of para-hydroxylation sites is 4. The van der Waals surface area contributed by atoms with Crippen LogP contribution in [0.3, 0.4) is 0 Å². The van der Waals surface area contributed by atoms with Crippen molar-refractivity contribution in [1.29, 1.82) is 0 Å². The van der Waals surface area contributed by atoms with Crippen molar-refractivity contribution in [3.8, 4) is 33.8 Å². The fraction of sp³-hybridized carbons (Fsp3) is 0.0448. The summed E-state index contributed by atoms with van der Waals surface area (Å²) in [6.07, 6.45) is 3.52. The van der Waals surface area contributed by atoms with Gasteiger partial charge in [0, 0.05) is 63.2 Å². The lowest BCUT2D eigenvalue weighted by atomic mass is 9.97. The molecule has 73 heavy (non-hydrogen) atoms. The van der Waals surface area contributed by atoms with Crippen LogP contribution in [0.2, 0.25) is 0 Å². The zero-order valence-corrected chi connectivity index (χ0v) is 40.9. The van der Waals surface area contributed by atoms with Crippen LogP contribution in [-0.4, -0.2) is 22.6 Å². The Bertz CT molecular complexity index is 3490. The average Bonchev–Trinajstić information content (AvgIpc) is 3.43. The van der Waals surface area contributed by atoms with E-state index in [1.54, 1.807) is 24.6 Å². The third-order valence-corrected chi connectivity index (χ3v) is 13.6. The summed E-state index contributed by atoms with van der Waals surface area (Å²) in [6.45, 7) is 6.12. The van der Waals surface area contributed by atoms with Gasteiger partial charge in [0.15, 0.2) is 0 Å². The predicted molar refractivity (Wildman–Crippen MR) is 307 cm³/mol.